The summed E-state index contributed by atoms with van der Waals surface area (Å²) in [4.78, 5) is 22.9. The highest BCUT2D eigenvalue weighted by molar-refractivity contribution is 6.33. The highest BCUT2D eigenvalue weighted by atomic mass is 35.5. The average molecular weight is 351 g/mol. The molecule has 0 radical (unpaired) electrons. The minimum atomic E-state index is -0.902. The van der Waals surface area contributed by atoms with Crippen LogP contribution in [0.2, 0.25) is 5.02 Å². The van der Waals surface area contributed by atoms with Gasteiger partial charge in [0.05, 0.1) is 10.7 Å². The Morgan fingerprint density at radius 3 is 2.71 bits per heavy atom. The molecule has 0 saturated heterocycles. The van der Waals surface area contributed by atoms with Crippen molar-refractivity contribution in [3.8, 4) is 5.69 Å². The number of hydrogen-bond donors (Lipinski definition) is 3. The standard InChI is InChI=1S/C16H19ClN4O3/c1-16(2,8-7-13(22)23)20-15(24)19-12-6-3-5-11(17)14(12)21-10-4-9-18-21/h3-6,9-10H,7-8H2,1-2H3,(H,22,23)(H2,19,20,24). The average Bonchev–Trinajstić information content (AvgIpc) is 2.98. The number of amides is 2. The summed E-state index contributed by atoms with van der Waals surface area (Å²) < 4.78 is 1.56. The van der Waals surface area contributed by atoms with E-state index in [1.54, 1.807) is 55.2 Å². The zero-order chi connectivity index (χ0) is 17.7. The molecular formula is C16H19ClN4O3. The molecule has 0 aliphatic heterocycles. The number of carbonyl (C=O) groups excluding carboxylic acids is 1. The van der Waals surface area contributed by atoms with E-state index in [0.29, 0.717) is 22.8 Å². The van der Waals surface area contributed by atoms with Crippen molar-refractivity contribution in [1.82, 2.24) is 15.1 Å². The number of hydrogen-bond acceptors (Lipinski definition) is 3. The number of anilines is 1. The lowest BCUT2D eigenvalue weighted by molar-refractivity contribution is -0.137. The van der Waals surface area contributed by atoms with Gasteiger partial charge in [-0.1, -0.05) is 17.7 Å². The van der Waals surface area contributed by atoms with Crippen LogP contribution in [0.5, 0.6) is 0 Å². The second-order valence-corrected chi connectivity index (χ2v) is 6.35. The van der Waals surface area contributed by atoms with Crippen LogP contribution in [0, 0.1) is 0 Å². The molecule has 2 aromatic rings. The topological polar surface area (TPSA) is 96.3 Å². The Morgan fingerprint density at radius 2 is 2.08 bits per heavy atom. The minimum absolute atomic E-state index is 0.0248. The first-order valence-electron chi connectivity index (χ1n) is 7.38. The number of aliphatic carboxylic acids is 1. The van der Waals surface area contributed by atoms with Gasteiger partial charge in [-0.25, -0.2) is 9.48 Å². The van der Waals surface area contributed by atoms with Crippen LogP contribution in [0.1, 0.15) is 26.7 Å². The monoisotopic (exact) mass is 350 g/mol. The van der Waals surface area contributed by atoms with Gasteiger partial charge in [0.15, 0.2) is 0 Å². The van der Waals surface area contributed by atoms with Crippen molar-refractivity contribution in [3.63, 3.8) is 0 Å². The quantitative estimate of drug-likeness (QED) is 0.744. The number of carboxylic acids is 1. The van der Waals surface area contributed by atoms with E-state index in [1.165, 1.54) is 0 Å². The van der Waals surface area contributed by atoms with E-state index >= 15 is 0 Å². The lowest BCUT2D eigenvalue weighted by Gasteiger charge is -2.26. The summed E-state index contributed by atoms with van der Waals surface area (Å²) in [5, 5.41) is 18.9. The van der Waals surface area contributed by atoms with Gasteiger partial charge < -0.3 is 15.7 Å². The van der Waals surface area contributed by atoms with Crippen LogP contribution < -0.4 is 10.6 Å². The molecule has 8 heteroatoms. The predicted molar refractivity (Wildman–Crippen MR) is 91.7 cm³/mol. The number of aromatic nitrogens is 2. The molecule has 128 valence electrons. The lowest BCUT2D eigenvalue weighted by Crippen LogP contribution is -2.45. The van der Waals surface area contributed by atoms with Crippen LogP contribution in [0.15, 0.2) is 36.7 Å². The van der Waals surface area contributed by atoms with Crippen molar-refractivity contribution in [3.05, 3.63) is 41.7 Å². The van der Waals surface area contributed by atoms with E-state index < -0.39 is 17.5 Å². The van der Waals surface area contributed by atoms with E-state index in [2.05, 4.69) is 15.7 Å². The zero-order valence-electron chi connectivity index (χ0n) is 13.4. The van der Waals surface area contributed by atoms with E-state index in [-0.39, 0.29) is 6.42 Å². The second-order valence-electron chi connectivity index (χ2n) is 5.94. The number of urea groups is 1. The number of nitrogens with zero attached hydrogens (tertiary/aromatic N) is 2. The van der Waals surface area contributed by atoms with Crippen LogP contribution >= 0.6 is 11.6 Å². The fourth-order valence-electron chi connectivity index (χ4n) is 2.19. The SMILES string of the molecule is CC(C)(CCC(=O)O)NC(=O)Nc1cccc(Cl)c1-n1cccn1. The van der Waals surface area contributed by atoms with Crippen molar-refractivity contribution in [2.24, 2.45) is 0 Å². The third-order valence-corrected chi connectivity index (χ3v) is 3.69. The lowest BCUT2D eigenvalue weighted by atomic mass is 9.99. The first kappa shape index (κ1) is 17.8. The van der Waals surface area contributed by atoms with Crippen molar-refractivity contribution in [2.45, 2.75) is 32.2 Å². The number of halogens is 1. The van der Waals surface area contributed by atoms with Gasteiger partial charge in [0.1, 0.15) is 5.69 Å². The largest absolute Gasteiger partial charge is 0.481 e. The maximum atomic E-state index is 12.3. The summed E-state index contributed by atoms with van der Waals surface area (Å²) >= 11 is 6.22. The summed E-state index contributed by atoms with van der Waals surface area (Å²) in [5.41, 5.74) is 0.396. The third kappa shape index (κ3) is 4.73. The van der Waals surface area contributed by atoms with Crippen LogP contribution in [-0.4, -0.2) is 32.4 Å². The molecule has 1 aromatic heterocycles. The second kappa shape index (κ2) is 7.35. The Labute approximate surface area is 144 Å². The summed E-state index contributed by atoms with van der Waals surface area (Å²) in [6.07, 6.45) is 3.63. The van der Waals surface area contributed by atoms with Gasteiger partial charge in [0.25, 0.3) is 0 Å². The van der Waals surface area contributed by atoms with Crippen molar-refractivity contribution >= 4 is 29.3 Å². The predicted octanol–water partition coefficient (Wildman–Crippen LogP) is 3.29. The van der Waals surface area contributed by atoms with Gasteiger partial charge in [0, 0.05) is 24.4 Å². The van der Waals surface area contributed by atoms with Crippen molar-refractivity contribution in [2.75, 3.05) is 5.32 Å². The van der Waals surface area contributed by atoms with Crippen molar-refractivity contribution in [1.29, 1.82) is 0 Å². The molecule has 0 aliphatic carbocycles. The van der Waals surface area contributed by atoms with Gasteiger partial charge in [-0.15, -0.1) is 0 Å². The van der Waals surface area contributed by atoms with Gasteiger partial charge in [-0.3, -0.25) is 4.79 Å². The van der Waals surface area contributed by atoms with Gasteiger partial charge in [-0.2, -0.15) is 5.10 Å². The molecular weight excluding hydrogens is 332 g/mol. The molecule has 0 saturated carbocycles. The van der Waals surface area contributed by atoms with Crippen LogP contribution in [0.4, 0.5) is 10.5 Å². The summed E-state index contributed by atoms with van der Waals surface area (Å²) in [5.74, 6) is -0.902. The maximum Gasteiger partial charge on any atom is 0.319 e. The Morgan fingerprint density at radius 1 is 1.33 bits per heavy atom. The summed E-state index contributed by atoms with van der Waals surface area (Å²) in [6.45, 7) is 3.53. The van der Waals surface area contributed by atoms with E-state index in [0.717, 1.165) is 0 Å². The van der Waals surface area contributed by atoms with Crippen LogP contribution in [0.25, 0.3) is 5.69 Å². The molecule has 0 atom stereocenters. The number of rotatable bonds is 6. The molecule has 1 heterocycles. The number of nitrogens with one attached hydrogen (secondary N) is 2. The molecule has 0 spiro atoms. The van der Waals surface area contributed by atoms with Gasteiger partial charge in [-0.05, 0) is 38.5 Å². The first-order valence-corrected chi connectivity index (χ1v) is 7.76. The van der Waals surface area contributed by atoms with Crippen LogP contribution in [-0.2, 0) is 4.79 Å². The normalized spacial score (nSPS) is 11.1. The van der Waals surface area contributed by atoms with E-state index in [1.807, 2.05) is 0 Å². The molecule has 0 aliphatic rings. The maximum absolute atomic E-state index is 12.3. The highest BCUT2D eigenvalue weighted by Gasteiger charge is 2.22. The van der Waals surface area contributed by atoms with E-state index in [9.17, 15) is 9.59 Å². The molecule has 7 nitrogen and oxygen atoms in total. The highest BCUT2D eigenvalue weighted by Crippen LogP contribution is 2.28. The minimum Gasteiger partial charge on any atom is -0.481 e. The number of para-hydroxylation sites is 1. The number of benzene rings is 1. The summed E-state index contributed by atoms with van der Waals surface area (Å²) in [7, 11) is 0. The number of carbonyl (C=O) groups is 2. The third-order valence-electron chi connectivity index (χ3n) is 3.38. The molecule has 0 unspecified atom stereocenters. The smallest absolute Gasteiger partial charge is 0.319 e. The van der Waals surface area contributed by atoms with Gasteiger partial charge >= 0.3 is 12.0 Å². The molecule has 2 rings (SSSR count). The first-order chi connectivity index (χ1) is 11.3. The molecule has 3 N–H and O–H groups in total. The fourth-order valence-corrected chi connectivity index (χ4v) is 2.45. The van der Waals surface area contributed by atoms with Gasteiger partial charge in [0.2, 0.25) is 0 Å². The Kier molecular flexibility index (Phi) is 5.46. The Hall–Kier alpha value is -2.54. The Balaban J connectivity index is 2.13. The molecule has 2 amide bonds. The number of carboxylic acid groups (broad SMARTS) is 1. The Bertz CT molecular complexity index is 729. The fraction of sp³-hybridized carbons (Fsp3) is 0.312. The van der Waals surface area contributed by atoms with Crippen LogP contribution in [0.3, 0.4) is 0 Å². The summed E-state index contributed by atoms with van der Waals surface area (Å²) in [6, 6.07) is 6.45. The molecule has 0 bridgehead atoms. The molecule has 0 fully saturated rings. The van der Waals surface area contributed by atoms with Crippen molar-refractivity contribution < 1.29 is 14.7 Å². The molecule has 1 aromatic carbocycles. The van der Waals surface area contributed by atoms with E-state index in [4.69, 9.17) is 16.7 Å². The zero-order valence-corrected chi connectivity index (χ0v) is 14.2. The molecule has 24 heavy (non-hydrogen) atoms.